The highest BCUT2D eigenvalue weighted by Crippen LogP contribution is 2.27. The van der Waals surface area contributed by atoms with Gasteiger partial charge >= 0.3 is 0 Å². The molecule has 0 unspecified atom stereocenters. The number of rotatable bonds is 7. The van der Waals surface area contributed by atoms with E-state index in [4.69, 9.17) is 4.74 Å². The Morgan fingerprint density at radius 1 is 1.00 bits per heavy atom. The molecular weight excluding hydrogens is 418 g/mol. The summed E-state index contributed by atoms with van der Waals surface area (Å²) in [5.41, 5.74) is 3.80. The summed E-state index contributed by atoms with van der Waals surface area (Å²) in [5.74, 6) is 1.13. The average molecular weight is 448 g/mol. The Labute approximate surface area is 193 Å². The van der Waals surface area contributed by atoms with Gasteiger partial charge in [-0.15, -0.1) is 11.3 Å². The Balaban J connectivity index is 1.13. The van der Waals surface area contributed by atoms with Crippen LogP contribution in [0.15, 0.2) is 66.0 Å². The monoisotopic (exact) mass is 447 g/mol. The Kier molecular flexibility index (Phi) is 6.53. The number of hydrogen-bond donors (Lipinski definition) is 1. The fraction of sp³-hybridized carbons (Fsp3) is 0.346. The third-order valence-electron chi connectivity index (χ3n) is 6.26. The predicted molar refractivity (Wildman–Crippen MR) is 128 cm³/mol. The smallest absolute Gasteiger partial charge is 0.234 e. The van der Waals surface area contributed by atoms with Crippen molar-refractivity contribution in [2.75, 3.05) is 39.3 Å². The molecule has 1 saturated heterocycles. The van der Waals surface area contributed by atoms with E-state index in [1.807, 2.05) is 24.3 Å². The maximum Gasteiger partial charge on any atom is 0.234 e. The lowest BCUT2D eigenvalue weighted by Gasteiger charge is -2.34. The predicted octanol–water partition coefficient (Wildman–Crippen LogP) is 3.71. The van der Waals surface area contributed by atoms with Gasteiger partial charge in [-0.2, -0.15) is 0 Å². The first-order valence-electron chi connectivity index (χ1n) is 11.3. The molecule has 2 aliphatic rings. The van der Waals surface area contributed by atoms with Crippen LogP contribution in [0.2, 0.25) is 0 Å². The average Bonchev–Trinajstić information content (AvgIpc) is 3.51. The van der Waals surface area contributed by atoms with Crippen molar-refractivity contribution >= 4 is 17.2 Å². The van der Waals surface area contributed by atoms with Crippen LogP contribution >= 0.6 is 11.3 Å². The number of thiophene rings is 1. The molecule has 2 aliphatic heterocycles. The number of carbonyl (C=O) groups is 1. The van der Waals surface area contributed by atoms with Crippen molar-refractivity contribution in [1.82, 2.24) is 15.1 Å². The molecule has 5 nitrogen and oxygen atoms in total. The Hall–Kier alpha value is -2.67. The second kappa shape index (κ2) is 9.86. The molecule has 0 spiro atoms. The molecule has 6 heteroatoms. The van der Waals surface area contributed by atoms with Gasteiger partial charge in [0, 0.05) is 44.0 Å². The minimum absolute atomic E-state index is 0.0827. The quantitative estimate of drug-likeness (QED) is 0.600. The maximum atomic E-state index is 12.9. The molecule has 1 aromatic heterocycles. The molecule has 0 saturated carbocycles. The Bertz CT molecular complexity index is 1030. The summed E-state index contributed by atoms with van der Waals surface area (Å²) in [6.45, 7) is 5.99. The summed E-state index contributed by atoms with van der Waals surface area (Å²) in [6.07, 6.45) is 1.02. The summed E-state index contributed by atoms with van der Waals surface area (Å²) in [5, 5.41) is 5.32. The van der Waals surface area contributed by atoms with Gasteiger partial charge in [0.05, 0.1) is 19.2 Å². The minimum Gasteiger partial charge on any atom is -0.493 e. The molecule has 1 N–H and O–H groups in total. The number of nitrogens with zero attached hydrogens (tertiary/aromatic N) is 2. The van der Waals surface area contributed by atoms with E-state index in [1.54, 1.807) is 11.3 Å². The first kappa shape index (κ1) is 21.2. The summed E-state index contributed by atoms with van der Waals surface area (Å²) in [7, 11) is 0. The SMILES string of the molecule is O=C(CN1CCN(Cc2ccc3c(c2)CCO3)CC1)N[C@@H](c1ccccc1)c1cccs1. The van der Waals surface area contributed by atoms with Crippen molar-refractivity contribution in [2.24, 2.45) is 0 Å². The van der Waals surface area contributed by atoms with Gasteiger partial charge in [-0.1, -0.05) is 48.5 Å². The molecule has 3 aromatic rings. The minimum atomic E-state index is -0.0891. The van der Waals surface area contributed by atoms with Crippen LogP contribution in [-0.4, -0.2) is 55.0 Å². The van der Waals surface area contributed by atoms with E-state index in [2.05, 4.69) is 56.9 Å². The fourth-order valence-corrected chi connectivity index (χ4v) is 5.33. The van der Waals surface area contributed by atoms with Crippen molar-refractivity contribution < 1.29 is 9.53 Å². The van der Waals surface area contributed by atoms with E-state index in [9.17, 15) is 4.79 Å². The van der Waals surface area contributed by atoms with E-state index in [0.717, 1.165) is 61.9 Å². The van der Waals surface area contributed by atoms with Crippen molar-refractivity contribution in [3.8, 4) is 5.75 Å². The van der Waals surface area contributed by atoms with E-state index in [0.29, 0.717) is 6.54 Å². The van der Waals surface area contributed by atoms with Gasteiger partial charge in [0.1, 0.15) is 5.75 Å². The number of carbonyl (C=O) groups excluding carboxylic acids is 1. The molecule has 0 bridgehead atoms. The van der Waals surface area contributed by atoms with E-state index in [1.165, 1.54) is 11.1 Å². The summed E-state index contributed by atoms with van der Waals surface area (Å²) in [6, 6.07) is 20.8. The highest BCUT2D eigenvalue weighted by molar-refractivity contribution is 7.10. The highest BCUT2D eigenvalue weighted by Gasteiger charge is 2.22. The zero-order valence-corrected chi connectivity index (χ0v) is 19.0. The number of nitrogens with one attached hydrogen (secondary N) is 1. The molecule has 1 fully saturated rings. The first-order valence-corrected chi connectivity index (χ1v) is 12.2. The van der Waals surface area contributed by atoms with Gasteiger partial charge in [-0.25, -0.2) is 0 Å². The summed E-state index contributed by atoms with van der Waals surface area (Å²) in [4.78, 5) is 18.8. The third kappa shape index (κ3) is 5.04. The standard InChI is InChI=1S/C26H29N3O2S/c30-25(27-26(24-7-4-16-32-24)21-5-2-1-3-6-21)19-29-13-11-28(12-14-29)18-20-8-9-23-22(17-20)10-15-31-23/h1-9,16-17,26H,10-15,18-19H2,(H,27,30)/t26-/m0/s1. The Morgan fingerprint density at radius 2 is 1.81 bits per heavy atom. The van der Waals surface area contributed by atoms with Crippen molar-refractivity contribution in [3.63, 3.8) is 0 Å². The lowest BCUT2D eigenvalue weighted by molar-refractivity contribution is -0.123. The lowest BCUT2D eigenvalue weighted by atomic mass is 10.1. The fourth-order valence-electron chi connectivity index (χ4n) is 4.53. The maximum absolute atomic E-state index is 12.9. The normalized spacial score (nSPS) is 17.5. The van der Waals surface area contributed by atoms with Crippen molar-refractivity contribution in [1.29, 1.82) is 0 Å². The van der Waals surface area contributed by atoms with Crippen LogP contribution in [0.3, 0.4) is 0 Å². The molecule has 1 atom stereocenters. The summed E-state index contributed by atoms with van der Waals surface area (Å²) >= 11 is 1.68. The molecule has 0 aliphatic carbocycles. The molecule has 5 rings (SSSR count). The molecular formula is C26H29N3O2S. The largest absolute Gasteiger partial charge is 0.493 e. The lowest BCUT2D eigenvalue weighted by Crippen LogP contribution is -2.49. The molecule has 32 heavy (non-hydrogen) atoms. The zero-order chi connectivity index (χ0) is 21.8. The molecule has 0 radical (unpaired) electrons. The highest BCUT2D eigenvalue weighted by atomic mass is 32.1. The van der Waals surface area contributed by atoms with Crippen LogP contribution in [0, 0.1) is 0 Å². The number of ether oxygens (including phenoxy) is 1. The second-order valence-corrected chi connectivity index (χ2v) is 9.50. The van der Waals surface area contributed by atoms with Gasteiger partial charge in [0.15, 0.2) is 0 Å². The van der Waals surface area contributed by atoms with Crippen LogP contribution in [0.25, 0.3) is 0 Å². The summed E-state index contributed by atoms with van der Waals surface area (Å²) < 4.78 is 5.62. The number of hydrogen-bond acceptors (Lipinski definition) is 5. The topological polar surface area (TPSA) is 44.8 Å². The molecule has 2 aromatic carbocycles. The van der Waals surface area contributed by atoms with E-state index >= 15 is 0 Å². The van der Waals surface area contributed by atoms with Gasteiger partial charge in [-0.3, -0.25) is 14.6 Å². The number of piperazine rings is 1. The third-order valence-corrected chi connectivity index (χ3v) is 7.20. The van der Waals surface area contributed by atoms with Crippen LogP contribution in [0.4, 0.5) is 0 Å². The van der Waals surface area contributed by atoms with E-state index in [-0.39, 0.29) is 11.9 Å². The second-order valence-electron chi connectivity index (χ2n) is 8.52. The van der Waals surface area contributed by atoms with Crippen LogP contribution in [-0.2, 0) is 17.8 Å². The van der Waals surface area contributed by atoms with Gasteiger partial charge in [0.2, 0.25) is 5.91 Å². The van der Waals surface area contributed by atoms with E-state index < -0.39 is 0 Å². The van der Waals surface area contributed by atoms with Crippen molar-refractivity contribution in [3.05, 3.63) is 87.6 Å². The zero-order valence-electron chi connectivity index (χ0n) is 18.2. The van der Waals surface area contributed by atoms with Crippen LogP contribution < -0.4 is 10.1 Å². The molecule has 166 valence electrons. The number of fused-ring (bicyclic) bond motifs is 1. The first-order chi connectivity index (χ1) is 15.7. The van der Waals surface area contributed by atoms with Gasteiger partial charge in [0.25, 0.3) is 0 Å². The van der Waals surface area contributed by atoms with Crippen LogP contribution in [0.1, 0.15) is 27.6 Å². The number of amides is 1. The molecule has 3 heterocycles. The van der Waals surface area contributed by atoms with Gasteiger partial charge in [-0.05, 0) is 34.2 Å². The van der Waals surface area contributed by atoms with Crippen LogP contribution in [0.5, 0.6) is 5.75 Å². The van der Waals surface area contributed by atoms with Crippen molar-refractivity contribution in [2.45, 2.75) is 19.0 Å². The number of benzene rings is 2. The molecule has 1 amide bonds. The van der Waals surface area contributed by atoms with Gasteiger partial charge < -0.3 is 10.1 Å². The Morgan fingerprint density at radius 3 is 2.59 bits per heavy atom.